The highest BCUT2D eigenvalue weighted by atomic mass is 19.1. The zero-order chi connectivity index (χ0) is 10.6. The van der Waals surface area contributed by atoms with E-state index in [9.17, 15) is 4.39 Å². The van der Waals surface area contributed by atoms with E-state index in [1.165, 1.54) is 12.8 Å². The van der Waals surface area contributed by atoms with Crippen LogP contribution in [-0.2, 0) is 0 Å². The van der Waals surface area contributed by atoms with Gasteiger partial charge in [-0.1, -0.05) is 13.8 Å². The van der Waals surface area contributed by atoms with Crippen LogP contribution in [0.15, 0.2) is 0 Å². The van der Waals surface area contributed by atoms with Crippen LogP contribution in [0, 0.1) is 11.8 Å². The lowest BCUT2D eigenvalue weighted by Crippen LogP contribution is -2.34. The highest BCUT2D eigenvalue weighted by molar-refractivity contribution is 4.81. The largest absolute Gasteiger partial charge is 0.316 e. The van der Waals surface area contributed by atoms with Crippen molar-refractivity contribution in [3.05, 3.63) is 0 Å². The molecule has 1 aliphatic rings. The summed E-state index contributed by atoms with van der Waals surface area (Å²) in [4.78, 5) is 0. The van der Waals surface area contributed by atoms with Gasteiger partial charge in [-0.2, -0.15) is 0 Å². The SMILES string of the molecule is CC(C)CC(C)(F)CC1CCCNC1. The molecule has 1 N–H and O–H groups in total. The Labute approximate surface area is 87.5 Å². The molecule has 2 unspecified atom stereocenters. The highest BCUT2D eigenvalue weighted by Crippen LogP contribution is 2.30. The molecule has 2 heteroatoms. The summed E-state index contributed by atoms with van der Waals surface area (Å²) in [6, 6.07) is 0. The molecular formula is C12H24FN. The van der Waals surface area contributed by atoms with Crippen LogP contribution in [0.5, 0.6) is 0 Å². The number of piperidine rings is 1. The van der Waals surface area contributed by atoms with Crippen molar-refractivity contribution in [1.82, 2.24) is 5.32 Å². The smallest absolute Gasteiger partial charge is 0.108 e. The summed E-state index contributed by atoms with van der Waals surface area (Å²) >= 11 is 0. The van der Waals surface area contributed by atoms with Gasteiger partial charge in [-0.25, -0.2) is 4.39 Å². The predicted octanol–water partition coefficient (Wildman–Crippen LogP) is 3.15. The van der Waals surface area contributed by atoms with Crippen molar-refractivity contribution >= 4 is 0 Å². The number of nitrogens with one attached hydrogen (secondary N) is 1. The molecule has 2 atom stereocenters. The molecule has 1 rings (SSSR count). The van der Waals surface area contributed by atoms with Crippen molar-refractivity contribution in [1.29, 1.82) is 0 Å². The van der Waals surface area contributed by atoms with Gasteiger partial charge >= 0.3 is 0 Å². The molecule has 1 aliphatic heterocycles. The first kappa shape index (κ1) is 12.0. The third kappa shape index (κ3) is 4.41. The lowest BCUT2D eigenvalue weighted by molar-refractivity contribution is 0.108. The standard InChI is InChI=1S/C12H24FN/c1-10(2)7-12(3,13)8-11-5-4-6-14-9-11/h10-11,14H,4-9H2,1-3H3. The minimum atomic E-state index is -0.960. The van der Waals surface area contributed by atoms with Crippen molar-refractivity contribution < 1.29 is 4.39 Å². The maximum absolute atomic E-state index is 14.1. The molecule has 0 aliphatic carbocycles. The zero-order valence-corrected chi connectivity index (χ0v) is 9.78. The second-order valence-electron chi connectivity index (χ2n) is 5.43. The van der Waals surface area contributed by atoms with E-state index < -0.39 is 5.67 Å². The summed E-state index contributed by atoms with van der Waals surface area (Å²) in [5.41, 5.74) is -0.960. The Bertz CT molecular complexity index is 160. The quantitative estimate of drug-likeness (QED) is 0.736. The van der Waals surface area contributed by atoms with Gasteiger partial charge in [0.15, 0.2) is 0 Å². The van der Waals surface area contributed by atoms with Crippen LogP contribution in [-0.4, -0.2) is 18.8 Å². The number of hydrogen-bond donors (Lipinski definition) is 1. The first-order valence-corrected chi connectivity index (χ1v) is 5.89. The van der Waals surface area contributed by atoms with Gasteiger partial charge in [0, 0.05) is 0 Å². The van der Waals surface area contributed by atoms with E-state index in [1.54, 1.807) is 6.92 Å². The third-order valence-corrected chi connectivity index (χ3v) is 2.95. The Morgan fingerprint density at radius 2 is 2.21 bits per heavy atom. The summed E-state index contributed by atoms with van der Waals surface area (Å²) < 4.78 is 14.1. The summed E-state index contributed by atoms with van der Waals surface area (Å²) in [7, 11) is 0. The molecule has 0 spiro atoms. The second-order valence-corrected chi connectivity index (χ2v) is 5.43. The van der Waals surface area contributed by atoms with Crippen molar-refractivity contribution in [3.63, 3.8) is 0 Å². The van der Waals surface area contributed by atoms with Gasteiger partial charge in [-0.05, 0) is 57.5 Å². The summed E-state index contributed by atoms with van der Waals surface area (Å²) in [6.07, 6.45) is 3.84. The Morgan fingerprint density at radius 1 is 1.50 bits per heavy atom. The molecule has 0 aromatic rings. The van der Waals surface area contributed by atoms with Crippen molar-refractivity contribution in [2.75, 3.05) is 13.1 Å². The van der Waals surface area contributed by atoms with Gasteiger partial charge in [-0.15, -0.1) is 0 Å². The normalized spacial score (nSPS) is 27.6. The fourth-order valence-electron chi connectivity index (χ4n) is 2.63. The van der Waals surface area contributed by atoms with Crippen LogP contribution in [0.3, 0.4) is 0 Å². The van der Waals surface area contributed by atoms with Crippen LogP contribution in [0.25, 0.3) is 0 Å². The number of rotatable bonds is 4. The fourth-order valence-corrected chi connectivity index (χ4v) is 2.63. The predicted molar refractivity (Wildman–Crippen MR) is 59.2 cm³/mol. The van der Waals surface area contributed by atoms with Gasteiger partial charge in [0.25, 0.3) is 0 Å². The first-order valence-electron chi connectivity index (χ1n) is 5.89. The summed E-state index contributed by atoms with van der Waals surface area (Å²) in [5, 5.41) is 3.34. The Kier molecular flexibility index (Phi) is 4.36. The average Bonchev–Trinajstić information content (AvgIpc) is 2.02. The van der Waals surface area contributed by atoms with Gasteiger partial charge in [0.2, 0.25) is 0 Å². The summed E-state index contributed by atoms with van der Waals surface area (Å²) in [6.45, 7) is 8.08. The van der Waals surface area contributed by atoms with Gasteiger partial charge in [0.1, 0.15) is 5.67 Å². The van der Waals surface area contributed by atoms with Gasteiger partial charge in [0.05, 0.1) is 0 Å². The minimum absolute atomic E-state index is 0.460. The molecule has 0 radical (unpaired) electrons. The molecule has 84 valence electrons. The fraction of sp³-hybridized carbons (Fsp3) is 1.00. The molecule has 1 fully saturated rings. The van der Waals surface area contributed by atoms with E-state index in [0.29, 0.717) is 18.3 Å². The average molecular weight is 201 g/mol. The molecule has 0 aromatic heterocycles. The van der Waals surface area contributed by atoms with E-state index in [4.69, 9.17) is 0 Å². The maximum atomic E-state index is 14.1. The van der Waals surface area contributed by atoms with Gasteiger partial charge < -0.3 is 5.32 Å². The molecule has 1 heterocycles. The Morgan fingerprint density at radius 3 is 2.71 bits per heavy atom. The lowest BCUT2D eigenvalue weighted by atomic mass is 9.84. The highest BCUT2D eigenvalue weighted by Gasteiger charge is 2.29. The van der Waals surface area contributed by atoms with Crippen LogP contribution in [0.4, 0.5) is 4.39 Å². The Balaban J connectivity index is 2.32. The van der Waals surface area contributed by atoms with E-state index in [1.807, 2.05) is 0 Å². The van der Waals surface area contributed by atoms with Crippen LogP contribution in [0.1, 0.15) is 46.5 Å². The lowest BCUT2D eigenvalue weighted by Gasteiger charge is -2.30. The third-order valence-electron chi connectivity index (χ3n) is 2.95. The van der Waals surface area contributed by atoms with Crippen LogP contribution < -0.4 is 5.32 Å². The number of hydrogen-bond acceptors (Lipinski definition) is 1. The Hall–Kier alpha value is -0.110. The summed E-state index contributed by atoms with van der Waals surface area (Å²) in [5.74, 6) is 1.01. The number of alkyl halides is 1. The van der Waals surface area contributed by atoms with Gasteiger partial charge in [-0.3, -0.25) is 0 Å². The maximum Gasteiger partial charge on any atom is 0.108 e. The topological polar surface area (TPSA) is 12.0 Å². The van der Waals surface area contributed by atoms with E-state index in [-0.39, 0.29) is 0 Å². The molecule has 1 nitrogen and oxygen atoms in total. The van der Waals surface area contributed by atoms with Crippen molar-refractivity contribution in [2.45, 2.75) is 52.1 Å². The monoisotopic (exact) mass is 201 g/mol. The number of halogens is 1. The van der Waals surface area contributed by atoms with Crippen molar-refractivity contribution in [3.8, 4) is 0 Å². The van der Waals surface area contributed by atoms with E-state index in [0.717, 1.165) is 19.5 Å². The molecule has 0 amide bonds. The van der Waals surface area contributed by atoms with E-state index in [2.05, 4.69) is 19.2 Å². The molecule has 1 saturated heterocycles. The zero-order valence-electron chi connectivity index (χ0n) is 9.78. The molecule has 0 bridgehead atoms. The van der Waals surface area contributed by atoms with Crippen molar-refractivity contribution in [2.24, 2.45) is 11.8 Å². The molecule has 14 heavy (non-hydrogen) atoms. The van der Waals surface area contributed by atoms with Crippen LogP contribution >= 0.6 is 0 Å². The molecular weight excluding hydrogens is 177 g/mol. The van der Waals surface area contributed by atoms with E-state index >= 15 is 0 Å². The minimum Gasteiger partial charge on any atom is -0.316 e. The first-order chi connectivity index (χ1) is 6.49. The van der Waals surface area contributed by atoms with Crippen LogP contribution in [0.2, 0.25) is 0 Å². The molecule has 0 saturated carbocycles. The molecule has 0 aromatic carbocycles. The second kappa shape index (κ2) is 5.11.